The van der Waals surface area contributed by atoms with Crippen LogP contribution in [0.4, 0.5) is 0 Å². The molecular formula is C14H22Cl2N2. The molecule has 1 aliphatic rings. The summed E-state index contributed by atoms with van der Waals surface area (Å²) in [6.07, 6.45) is 1.26. The van der Waals surface area contributed by atoms with Crippen LogP contribution in [-0.4, -0.2) is 37.6 Å². The van der Waals surface area contributed by atoms with Crippen molar-refractivity contribution in [2.45, 2.75) is 25.3 Å². The third-order valence-corrected chi connectivity index (χ3v) is 3.87. The second-order valence-corrected chi connectivity index (χ2v) is 5.43. The Hall–Kier alpha value is -0.280. The van der Waals surface area contributed by atoms with E-state index in [2.05, 4.69) is 36.3 Å². The van der Waals surface area contributed by atoms with E-state index >= 15 is 0 Å². The highest BCUT2D eigenvalue weighted by molar-refractivity contribution is 6.30. The number of likely N-dealkylation sites (N-methyl/N-ethyl adjacent to an activating group) is 1. The highest BCUT2D eigenvalue weighted by Gasteiger charge is 2.22. The summed E-state index contributed by atoms with van der Waals surface area (Å²) in [5.74, 6) is 0.546. The Bertz CT molecular complexity index is 371. The summed E-state index contributed by atoms with van der Waals surface area (Å²) in [4.78, 5) is 2.53. The van der Waals surface area contributed by atoms with Gasteiger partial charge in [0.25, 0.3) is 0 Å². The lowest BCUT2D eigenvalue weighted by Gasteiger charge is -2.21. The minimum absolute atomic E-state index is 0. The minimum atomic E-state index is 0. The van der Waals surface area contributed by atoms with Gasteiger partial charge < -0.3 is 10.2 Å². The molecule has 1 aliphatic heterocycles. The van der Waals surface area contributed by atoms with E-state index in [0.29, 0.717) is 12.0 Å². The standard InChI is InChI=1S/C14H21ClN2.ClH/c1-11(12-4-3-5-13(15)8-12)9-17-7-6-14(10-17)16-2;/h3-5,8,11,14,16H,6-7,9-10H2,1-2H3;1H. The molecule has 1 saturated heterocycles. The van der Waals surface area contributed by atoms with E-state index in [1.807, 2.05) is 12.1 Å². The van der Waals surface area contributed by atoms with E-state index in [0.717, 1.165) is 11.6 Å². The molecule has 1 heterocycles. The molecule has 1 fully saturated rings. The van der Waals surface area contributed by atoms with Crippen LogP contribution in [0.5, 0.6) is 0 Å². The van der Waals surface area contributed by atoms with Crippen molar-refractivity contribution in [1.29, 1.82) is 0 Å². The lowest BCUT2D eigenvalue weighted by atomic mass is 10.0. The van der Waals surface area contributed by atoms with Gasteiger partial charge >= 0.3 is 0 Å². The van der Waals surface area contributed by atoms with Gasteiger partial charge in [-0.1, -0.05) is 30.7 Å². The molecule has 0 amide bonds. The topological polar surface area (TPSA) is 15.3 Å². The second-order valence-electron chi connectivity index (χ2n) is 4.99. The summed E-state index contributed by atoms with van der Waals surface area (Å²) in [7, 11) is 2.05. The summed E-state index contributed by atoms with van der Waals surface area (Å²) in [5.41, 5.74) is 1.34. The molecule has 0 radical (unpaired) electrons. The predicted molar refractivity (Wildman–Crippen MR) is 81.0 cm³/mol. The van der Waals surface area contributed by atoms with Crippen molar-refractivity contribution in [2.24, 2.45) is 0 Å². The van der Waals surface area contributed by atoms with Crippen molar-refractivity contribution in [1.82, 2.24) is 10.2 Å². The molecule has 1 aromatic rings. The monoisotopic (exact) mass is 288 g/mol. The summed E-state index contributed by atoms with van der Waals surface area (Å²) in [5, 5.41) is 4.19. The largest absolute Gasteiger partial charge is 0.316 e. The summed E-state index contributed by atoms with van der Waals surface area (Å²) in [6, 6.07) is 8.89. The van der Waals surface area contributed by atoms with Gasteiger partial charge in [-0.25, -0.2) is 0 Å². The molecule has 2 unspecified atom stereocenters. The Balaban J connectivity index is 0.00000162. The van der Waals surface area contributed by atoms with Gasteiger partial charge in [0.15, 0.2) is 0 Å². The fraction of sp³-hybridized carbons (Fsp3) is 0.571. The zero-order valence-electron chi connectivity index (χ0n) is 11.0. The van der Waals surface area contributed by atoms with E-state index in [9.17, 15) is 0 Å². The molecule has 0 aliphatic carbocycles. The summed E-state index contributed by atoms with van der Waals surface area (Å²) in [6.45, 7) is 5.77. The van der Waals surface area contributed by atoms with E-state index in [-0.39, 0.29) is 12.4 Å². The molecule has 0 bridgehead atoms. The maximum absolute atomic E-state index is 6.03. The predicted octanol–water partition coefficient (Wildman–Crippen LogP) is 3.16. The number of benzene rings is 1. The molecule has 1 aromatic carbocycles. The number of hydrogen-bond donors (Lipinski definition) is 1. The van der Waals surface area contributed by atoms with E-state index < -0.39 is 0 Å². The molecule has 0 saturated carbocycles. The SMILES string of the molecule is CNC1CCN(CC(C)c2cccc(Cl)c2)C1.Cl. The van der Waals surface area contributed by atoms with Gasteiger partial charge in [0.05, 0.1) is 0 Å². The van der Waals surface area contributed by atoms with Crippen molar-refractivity contribution in [3.8, 4) is 0 Å². The van der Waals surface area contributed by atoms with Crippen LogP contribution in [-0.2, 0) is 0 Å². The number of likely N-dealkylation sites (tertiary alicyclic amines) is 1. The van der Waals surface area contributed by atoms with E-state index in [4.69, 9.17) is 11.6 Å². The first-order chi connectivity index (χ1) is 8.19. The zero-order valence-corrected chi connectivity index (χ0v) is 12.6. The fourth-order valence-electron chi connectivity index (χ4n) is 2.54. The first kappa shape index (κ1) is 15.8. The number of rotatable bonds is 4. The molecule has 0 aromatic heterocycles. The molecule has 1 N–H and O–H groups in total. The smallest absolute Gasteiger partial charge is 0.0408 e. The first-order valence-electron chi connectivity index (χ1n) is 6.34. The Labute approximate surface area is 121 Å². The van der Waals surface area contributed by atoms with Crippen LogP contribution in [0.25, 0.3) is 0 Å². The minimum Gasteiger partial charge on any atom is -0.316 e. The quantitative estimate of drug-likeness (QED) is 0.916. The zero-order chi connectivity index (χ0) is 12.3. The molecule has 0 spiro atoms. The molecule has 4 heteroatoms. The van der Waals surface area contributed by atoms with Gasteiger partial charge in [-0.2, -0.15) is 0 Å². The lowest BCUT2D eigenvalue weighted by molar-refractivity contribution is 0.313. The maximum Gasteiger partial charge on any atom is 0.0408 e. The van der Waals surface area contributed by atoms with Gasteiger partial charge in [0.1, 0.15) is 0 Å². The highest BCUT2D eigenvalue weighted by Crippen LogP contribution is 2.22. The third-order valence-electron chi connectivity index (χ3n) is 3.63. The Kier molecular flexibility index (Phi) is 6.44. The molecule has 102 valence electrons. The molecular weight excluding hydrogens is 267 g/mol. The Morgan fingerprint density at radius 1 is 1.50 bits per heavy atom. The summed E-state index contributed by atoms with van der Waals surface area (Å²) >= 11 is 6.03. The molecule has 2 nitrogen and oxygen atoms in total. The van der Waals surface area contributed by atoms with Gasteiger partial charge in [0, 0.05) is 24.2 Å². The molecule has 2 atom stereocenters. The lowest BCUT2D eigenvalue weighted by Crippen LogP contribution is -2.31. The normalized spacial score (nSPS) is 21.6. The number of hydrogen-bond acceptors (Lipinski definition) is 2. The van der Waals surface area contributed by atoms with Gasteiger partial charge in [0.2, 0.25) is 0 Å². The Morgan fingerprint density at radius 3 is 2.89 bits per heavy atom. The average molecular weight is 289 g/mol. The van der Waals surface area contributed by atoms with Crippen molar-refractivity contribution in [3.05, 3.63) is 34.9 Å². The van der Waals surface area contributed by atoms with Crippen LogP contribution < -0.4 is 5.32 Å². The van der Waals surface area contributed by atoms with Crippen LogP contribution in [0.3, 0.4) is 0 Å². The Morgan fingerprint density at radius 2 is 2.28 bits per heavy atom. The van der Waals surface area contributed by atoms with Gasteiger partial charge in [-0.3, -0.25) is 0 Å². The molecule has 2 rings (SSSR count). The van der Waals surface area contributed by atoms with Crippen LogP contribution in [0.1, 0.15) is 24.8 Å². The van der Waals surface area contributed by atoms with Crippen LogP contribution in [0.15, 0.2) is 24.3 Å². The van der Waals surface area contributed by atoms with Gasteiger partial charge in [-0.05, 0) is 43.6 Å². The highest BCUT2D eigenvalue weighted by atomic mass is 35.5. The van der Waals surface area contributed by atoms with E-state index in [1.165, 1.54) is 25.1 Å². The van der Waals surface area contributed by atoms with Crippen molar-refractivity contribution >= 4 is 24.0 Å². The van der Waals surface area contributed by atoms with Crippen molar-refractivity contribution in [2.75, 3.05) is 26.7 Å². The number of nitrogens with one attached hydrogen (secondary N) is 1. The van der Waals surface area contributed by atoms with Crippen LogP contribution in [0, 0.1) is 0 Å². The summed E-state index contributed by atoms with van der Waals surface area (Å²) < 4.78 is 0. The fourth-order valence-corrected chi connectivity index (χ4v) is 2.74. The van der Waals surface area contributed by atoms with Crippen molar-refractivity contribution in [3.63, 3.8) is 0 Å². The van der Waals surface area contributed by atoms with Gasteiger partial charge in [-0.15, -0.1) is 12.4 Å². The van der Waals surface area contributed by atoms with Crippen LogP contribution >= 0.6 is 24.0 Å². The first-order valence-corrected chi connectivity index (χ1v) is 6.72. The van der Waals surface area contributed by atoms with E-state index in [1.54, 1.807) is 0 Å². The third kappa shape index (κ3) is 4.13. The molecule has 18 heavy (non-hydrogen) atoms. The maximum atomic E-state index is 6.03. The van der Waals surface area contributed by atoms with Crippen LogP contribution in [0.2, 0.25) is 5.02 Å². The second kappa shape index (κ2) is 7.34. The number of nitrogens with zero attached hydrogens (tertiary/aromatic N) is 1. The van der Waals surface area contributed by atoms with Crippen molar-refractivity contribution < 1.29 is 0 Å². The number of halogens is 2. The average Bonchev–Trinajstić information content (AvgIpc) is 2.77.